The molecule has 0 amide bonds. The second-order valence-electron chi connectivity index (χ2n) is 3.99. The summed E-state index contributed by atoms with van der Waals surface area (Å²) < 4.78 is 0. The van der Waals surface area contributed by atoms with Gasteiger partial charge in [-0.15, -0.1) is 0 Å². The summed E-state index contributed by atoms with van der Waals surface area (Å²) in [5, 5.41) is 0. The summed E-state index contributed by atoms with van der Waals surface area (Å²) in [6.07, 6.45) is 7.05. The number of aliphatic imine (C=N–C) groups is 2. The number of nitrogens with zero attached hydrogens (tertiary/aromatic N) is 2. The van der Waals surface area contributed by atoms with Crippen LogP contribution in [0.3, 0.4) is 0 Å². The van der Waals surface area contributed by atoms with Gasteiger partial charge in [0.15, 0.2) is 0 Å². The molecular weight excluding hydrogens is 228 g/mol. The summed E-state index contributed by atoms with van der Waals surface area (Å²) in [7, 11) is 0. The average molecular weight is 244 g/mol. The average Bonchev–Trinajstić information content (AvgIpc) is 2.39. The summed E-state index contributed by atoms with van der Waals surface area (Å²) in [5.41, 5.74) is 1.30. The van der Waals surface area contributed by atoms with E-state index in [1.54, 1.807) is 18.2 Å². The number of carbonyl (C=O) groups excluding carboxylic acids is 2. The molecule has 4 nitrogen and oxygen atoms in total. The molecule has 0 aromatic heterocycles. The zero-order valence-corrected chi connectivity index (χ0v) is 10.4. The molecule has 1 aromatic rings. The van der Waals surface area contributed by atoms with Crippen molar-refractivity contribution in [2.24, 2.45) is 9.98 Å². The summed E-state index contributed by atoms with van der Waals surface area (Å²) >= 11 is 0. The largest absolute Gasteiger partial charge is 0.240 e. The van der Waals surface area contributed by atoms with E-state index in [1.165, 1.54) is 6.08 Å². The van der Waals surface area contributed by atoms with Gasteiger partial charge < -0.3 is 0 Å². The molecule has 0 saturated heterocycles. The molecule has 1 aromatic carbocycles. The summed E-state index contributed by atoms with van der Waals surface area (Å²) in [6, 6.07) is 6.89. The van der Waals surface area contributed by atoms with Gasteiger partial charge in [-0.2, -0.15) is 9.98 Å². The molecule has 18 heavy (non-hydrogen) atoms. The Balaban J connectivity index is 2.97. The molecule has 4 heteroatoms. The normalized spacial score (nSPS) is 11.2. The maximum atomic E-state index is 10.5. The van der Waals surface area contributed by atoms with Crippen molar-refractivity contribution in [3.8, 4) is 0 Å². The minimum Gasteiger partial charge on any atom is -0.211 e. The zero-order valence-electron chi connectivity index (χ0n) is 10.4. The van der Waals surface area contributed by atoms with Crippen LogP contribution in [-0.4, -0.2) is 12.2 Å². The van der Waals surface area contributed by atoms with Gasteiger partial charge in [0.1, 0.15) is 0 Å². The van der Waals surface area contributed by atoms with Crippen LogP contribution in [0.4, 0.5) is 5.69 Å². The van der Waals surface area contributed by atoms with Gasteiger partial charge in [0.05, 0.1) is 11.7 Å². The number of benzene rings is 1. The summed E-state index contributed by atoms with van der Waals surface area (Å²) in [6.45, 7) is 2.11. The highest BCUT2D eigenvalue weighted by Crippen LogP contribution is 2.31. The molecule has 1 atom stereocenters. The Hall–Kier alpha value is -2.02. The predicted octanol–water partition coefficient (Wildman–Crippen LogP) is 3.61. The Labute approximate surface area is 106 Å². The van der Waals surface area contributed by atoms with Crippen LogP contribution >= 0.6 is 0 Å². The van der Waals surface area contributed by atoms with Crippen LogP contribution in [0, 0.1) is 0 Å². The lowest BCUT2D eigenvalue weighted by Crippen LogP contribution is -1.96. The van der Waals surface area contributed by atoms with E-state index < -0.39 is 0 Å². The zero-order chi connectivity index (χ0) is 13.2. The van der Waals surface area contributed by atoms with Crippen molar-refractivity contribution in [2.75, 3.05) is 0 Å². The van der Waals surface area contributed by atoms with Crippen molar-refractivity contribution in [3.05, 3.63) is 29.8 Å². The van der Waals surface area contributed by atoms with Crippen LogP contribution in [-0.2, 0) is 9.59 Å². The van der Waals surface area contributed by atoms with E-state index in [0.29, 0.717) is 5.69 Å². The van der Waals surface area contributed by atoms with Crippen LogP contribution in [0.15, 0.2) is 34.3 Å². The van der Waals surface area contributed by atoms with Crippen LogP contribution in [0.25, 0.3) is 0 Å². The first-order chi connectivity index (χ1) is 8.83. The van der Waals surface area contributed by atoms with Crippen LogP contribution in [0.5, 0.6) is 0 Å². The van der Waals surface area contributed by atoms with E-state index in [1.807, 2.05) is 12.1 Å². The Bertz CT molecular complexity index is 472. The van der Waals surface area contributed by atoms with Gasteiger partial charge in [0, 0.05) is 5.56 Å². The molecule has 0 bridgehead atoms. The molecule has 0 spiro atoms. The van der Waals surface area contributed by atoms with E-state index in [4.69, 9.17) is 0 Å². The van der Waals surface area contributed by atoms with E-state index in [2.05, 4.69) is 16.9 Å². The second kappa shape index (κ2) is 8.13. The number of hydrogen-bond donors (Lipinski definition) is 0. The predicted molar refractivity (Wildman–Crippen MR) is 69.2 cm³/mol. The molecule has 0 aliphatic rings. The van der Waals surface area contributed by atoms with Crippen molar-refractivity contribution in [1.82, 2.24) is 0 Å². The summed E-state index contributed by atoms with van der Waals surface area (Å²) in [5.74, 6) is 0. The minimum atomic E-state index is -0.276. The van der Waals surface area contributed by atoms with Crippen LogP contribution < -0.4 is 0 Å². The molecule has 0 fully saturated rings. The Morgan fingerprint density at radius 1 is 1.17 bits per heavy atom. The van der Waals surface area contributed by atoms with Crippen LogP contribution in [0.1, 0.15) is 44.2 Å². The quantitative estimate of drug-likeness (QED) is 0.418. The maximum Gasteiger partial charge on any atom is 0.240 e. The lowest BCUT2D eigenvalue weighted by atomic mass is 9.99. The van der Waals surface area contributed by atoms with Gasteiger partial charge in [-0.05, 0) is 12.5 Å². The summed E-state index contributed by atoms with van der Waals surface area (Å²) in [4.78, 5) is 28.3. The van der Waals surface area contributed by atoms with Gasteiger partial charge >= 0.3 is 0 Å². The number of para-hydroxylation sites is 1. The Kier molecular flexibility index (Phi) is 6.34. The Morgan fingerprint density at radius 2 is 1.94 bits per heavy atom. The van der Waals surface area contributed by atoms with Gasteiger partial charge in [-0.25, -0.2) is 9.59 Å². The molecule has 0 saturated carbocycles. The van der Waals surface area contributed by atoms with Crippen molar-refractivity contribution in [1.29, 1.82) is 0 Å². The van der Waals surface area contributed by atoms with E-state index in [9.17, 15) is 9.59 Å². The van der Waals surface area contributed by atoms with Gasteiger partial charge in [-0.3, -0.25) is 0 Å². The van der Waals surface area contributed by atoms with Crippen molar-refractivity contribution in [3.63, 3.8) is 0 Å². The maximum absolute atomic E-state index is 10.5. The van der Waals surface area contributed by atoms with E-state index in [0.717, 1.165) is 31.2 Å². The molecule has 0 heterocycles. The fraction of sp³-hybridized carbons (Fsp3) is 0.429. The molecule has 1 unspecified atom stereocenters. The smallest absolute Gasteiger partial charge is 0.211 e. The first-order valence-corrected chi connectivity index (χ1v) is 6.07. The standard InChI is InChI=1S/C14H16N2O2/c1-2-3-4-8-13(15-10-17)12-7-5-6-9-14(12)16-11-18/h5-7,9,13H,2-4,8H2,1H3. The van der Waals surface area contributed by atoms with Crippen LogP contribution in [0.2, 0.25) is 0 Å². The number of isocyanates is 2. The van der Waals surface area contributed by atoms with Crippen molar-refractivity contribution < 1.29 is 9.59 Å². The van der Waals surface area contributed by atoms with Gasteiger partial charge in [0.25, 0.3) is 0 Å². The molecule has 0 aliphatic carbocycles. The molecular formula is C14H16N2O2. The fourth-order valence-electron chi connectivity index (χ4n) is 1.86. The highest BCUT2D eigenvalue weighted by molar-refractivity contribution is 5.55. The van der Waals surface area contributed by atoms with Gasteiger partial charge in [-0.1, -0.05) is 44.4 Å². The van der Waals surface area contributed by atoms with E-state index in [-0.39, 0.29) is 6.04 Å². The first kappa shape index (κ1) is 14.0. The molecule has 1 rings (SSSR count). The third-order valence-corrected chi connectivity index (χ3v) is 2.75. The van der Waals surface area contributed by atoms with Crippen molar-refractivity contribution >= 4 is 17.8 Å². The third kappa shape index (κ3) is 4.10. The SMILES string of the molecule is CCCCCC(N=C=O)c1ccccc1N=C=O. The number of rotatable bonds is 7. The molecule has 0 aliphatic heterocycles. The highest BCUT2D eigenvalue weighted by atomic mass is 16.1. The van der Waals surface area contributed by atoms with Gasteiger partial charge in [0.2, 0.25) is 12.2 Å². The monoisotopic (exact) mass is 244 g/mol. The fourth-order valence-corrected chi connectivity index (χ4v) is 1.86. The first-order valence-electron chi connectivity index (χ1n) is 6.07. The molecule has 94 valence electrons. The van der Waals surface area contributed by atoms with E-state index >= 15 is 0 Å². The number of hydrogen-bond acceptors (Lipinski definition) is 4. The highest BCUT2D eigenvalue weighted by Gasteiger charge is 2.13. The number of unbranched alkanes of at least 4 members (excludes halogenated alkanes) is 2. The lowest BCUT2D eigenvalue weighted by molar-refractivity contribution is 0.544. The molecule has 0 radical (unpaired) electrons. The van der Waals surface area contributed by atoms with Crippen molar-refractivity contribution in [2.45, 2.75) is 38.6 Å². The Morgan fingerprint density at radius 3 is 2.61 bits per heavy atom. The molecule has 0 N–H and O–H groups in total. The topological polar surface area (TPSA) is 58.9 Å². The lowest BCUT2D eigenvalue weighted by Gasteiger charge is -2.12. The minimum absolute atomic E-state index is 0.276. The second-order valence-corrected chi connectivity index (χ2v) is 3.99. The third-order valence-electron chi connectivity index (χ3n) is 2.75.